The highest BCUT2D eigenvalue weighted by atomic mass is 32.1. The molecule has 0 N–H and O–H groups in total. The first-order chi connectivity index (χ1) is 12.6. The first kappa shape index (κ1) is 17.2. The number of para-hydroxylation sites is 1. The number of rotatable bonds is 2. The highest BCUT2D eigenvalue weighted by molar-refractivity contribution is 7.12. The molecule has 1 aromatic carbocycles. The van der Waals surface area contributed by atoms with Gasteiger partial charge in [0.2, 0.25) is 0 Å². The Hall–Kier alpha value is -2.18. The van der Waals surface area contributed by atoms with Crippen LogP contribution in [-0.4, -0.2) is 48.6 Å². The number of hydrogen-bond donors (Lipinski definition) is 0. The molecule has 4 rings (SSSR count). The van der Waals surface area contributed by atoms with Gasteiger partial charge in [-0.05, 0) is 48.9 Å². The van der Waals surface area contributed by atoms with Crippen LogP contribution in [0.15, 0.2) is 41.8 Å². The Kier molecular flexibility index (Phi) is 4.54. The molecule has 0 aliphatic carbocycles. The standard InChI is InChI=1S/C20H22N2O3S/c1-15-8-11-26-18(15)19(24)21-10-5-9-20(13-21)14-22(17(23)12-25-20)16-6-3-2-4-7-16/h2-4,6-8,11H,5,9-10,12-14H2,1H3. The Bertz CT molecular complexity index is 819. The quantitative estimate of drug-likeness (QED) is 0.816. The van der Waals surface area contributed by atoms with E-state index < -0.39 is 5.60 Å². The average Bonchev–Trinajstić information content (AvgIpc) is 3.10. The molecule has 26 heavy (non-hydrogen) atoms. The summed E-state index contributed by atoms with van der Waals surface area (Å²) in [5, 5.41) is 1.95. The molecule has 1 spiro atoms. The van der Waals surface area contributed by atoms with Gasteiger partial charge in [-0.1, -0.05) is 18.2 Å². The normalized spacial score (nSPS) is 23.5. The number of morpholine rings is 1. The number of benzene rings is 1. The van der Waals surface area contributed by atoms with Gasteiger partial charge in [-0.25, -0.2) is 0 Å². The van der Waals surface area contributed by atoms with Crippen molar-refractivity contribution < 1.29 is 14.3 Å². The van der Waals surface area contributed by atoms with Crippen LogP contribution in [0, 0.1) is 6.92 Å². The summed E-state index contributed by atoms with van der Waals surface area (Å²) >= 11 is 1.49. The van der Waals surface area contributed by atoms with Crippen molar-refractivity contribution in [2.45, 2.75) is 25.4 Å². The Morgan fingerprint density at radius 2 is 2.00 bits per heavy atom. The van der Waals surface area contributed by atoms with Gasteiger partial charge in [0, 0.05) is 12.2 Å². The van der Waals surface area contributed by atoms with Crippen LogP contribution in [0.2, 0.25) is 0 Å². The molecule has 0 bridgehead atoms. The van der Waals surface area contributed by atoms with Crippen LogP contribution in [0.25, 0.3) is 0 Å². The summed E-state index contributed by atoms with van der Waals surface area (Å²) in [5.74, 6) is 0.0442. The zero-order chi connectivity index (χ0) is 18.1. The number of amides is 2. The van der Waals surface area contributed by atoms with E-state index in [9.17, 15) is 9.59 Å². The van der Waals surface area contributed by atoms with Gasteiger partial charge in [-0.3, -0.25) is 9.59 Å². The van der Waals surface area contributed by atoms with Crippen LogP contribution >= 0.6 is 11.3 Å². The van der Waals surface area contributed by atoms with E-state index in [1.54, 1.807) is 4.90 Å². The van der Waals surface area contributed by atoms with E-state index in [-0.39, 0.29) is 18.4 Å². The van der Waals surface area contributed by atoms with Crippen LogP contribution in [0.1, 0.15) is 28.1 Å². The van der Waals surface area contributed by atoms with Crippen molar-refractivity contribution in [3.63, 3.8) is 0 Å². The second kappa shape index (κ2) is 6.85. The van der Waals surface area contributed by atoms with E-state index >= 15 is 0 Å². The monoisotopic (exact) mass is 370 g/mol. The van der Waals surface area contributed by atoms with Crippen LogP contribution in [0.3, 0.4) is 0 Å². The van der Waals surface area contributed by atoms with Crippen LogP contribution in [0.5, 0.6) is 0 Å². The molecule has 2 aromatic rings. The van der Waals surface area contributed by atoms with E-state index in [1.165, 1.54) is 11.3 Å². The minimum Gasteiger partial charge on any atom is -0.361 e. The van der Waals surface area contributed by atoms with Gasteiger partial charge in [0.05, 0.1) is 18.0 Å². The number of carbonyl (C=O) groups excluding carboxylic acids is 2. The summed E-state index contributed by atoms with van der Waals surface area (Å²) in [5.41, 5.74) is 1.42. The fourth-order valence-electron chi connectivity index (χ4n) is 3.81. The summed E-state index contributed by atoms with van der Waals surface area (Å²) in [6.45, 7) is 3.79. The highest BCUT2D eigenvalue weighted by Gasteiger charge is 2.44. The van der Waals surface area contributed by atoms with Gasteiger partial charge >= 0.3 is 0 Å². The van der Waals surface area contributed by atoms with Crippen molar-refractivity contribution in [3.05, 3.63) is 52.2 Å². The number of carbonyl (C=O) groups is 2. The molecule has 2 aliphatic heterocycles. The molecule has 5 nitrogen and oxygen atoms in total. The average molecular weight is 370 g/mol. The first-order valence-electron chi connectivity index (χ1n) is 8.91. The number of ether oxygens (including phenoxy) is 1. The van der Waals surface area contributed by atoms with Crippen molar-refractivity contribution >= 4 is 28.8 Å². The maximum absolute atomic E-state index is 12.9. The third-order valence-electron chi connectivity index (χ3n) is 5.20. The topological polar surface area (TPSA) is 49.9 Å². The lowest BCUT2D eigenvalue weighted by Crippen LogP contribution is -2.62. The zero-order valence-corrected chi connectivity index (χ0v) is 15.6. The smallest absolute Gasteiger partial charge is 0.264 e. The van der Waals surface area contributed by atoms with Gasteiger partial charge in [-0.15, -0.1) is 11.3 Å². The van der Waals surface area contributed by atoms with Crippen LogP contribution in [-0.2, 0) is 9.53 Å². The Morgan fingerprint density at radius 3 is 2.73 bits per heavy atom. The molecule has 3 heterocycles. The van der Waals surface area contributed by atoms with Crippen molar-refractivity contribution in [2.24, 2.45) is 0 Å². The van der Waals surface area contributed by atoms with Crippen LogP contribution in [0.4, 0.5) is 5.69 Å². The van der Waals surface area contributed by atoms with E-state index in [0.29, 0.717) is 13.1 Å². The lowest BCUT2D eigenvalue weighted by atomic mass is 9.90. The molecule has 136 valence electrons. The highest BCUT2D eigenvalue weighted by Crippen LogP contribution is 2.33. The lowest BCUT2D eigenvalue weighted by molar-refractivity contribution is -0.144. The number of nitrogens with zero attached hydrogens (tertiary/aromatic N) is 2. The molecular weight excluding hydrogens is 348 g/mol. The minimum absolute atomic E-state index is 0.0284. The van der Waals surface area contributed by atoms with E-state index in [4.69, 9.17) is 4.74 Å². The van der Waals surface area contributed by atoms with Crippen molar-refractivity contribution in [1.82, 2.24) is 4.90 Å². The molecule has 6 heteroatoms. The van der Waals surface area contributed by atoms with Crippen molar-refractivity contribution in [1.29, 1.82) is 0 Å². The Morgan fingerprint density at radius 1 is 1.19 bits per heavy atom. The molecule has 1 unspecified atom stereocenters. The van der Waals surface area contributed by atoms with Crippen molar-refractivity contribution in [3.8, 4) is 0 Å². The molecule has 0 saturated carbocycles. The summed E-state index contributed by atoms with van der Waals surface area (Å²) in [6.07, 6.45) is 1.74. The number of likely N-dealkylation sites (tertiary alicyclic amines) is 1. The zero-order valence-electron chi connectivity index (χ0n) is 14.8. The van der Waals surface area contributed by atoms with Gasteiger partial charge in [0.25, 0.3) is 11.8 Å². The van der Waals surface area contributed by atoms with E-state index in [1.807, 2.05) is 53.6 Å². The fourth-order valence-corrected chi connectivity index (χ4v) is 4.70. The SMILES string of the molecule is Cc1ccsc1C(=O)N1CCCC2(C1)CN(c1ccccc1)C(=O)CO2. The molecular formula is C20H22N2O3S. The third-order valence-corrected chi connectivity index (χ3v) is 6.20. The number of thiophene rings is 1. The third kappa shape index (κ3) is 3.15. The first-order valence-corrected chi connectivity index (χ1v) is 9.79. The van der Waals surface area contributed by atoms with E-state index in [2.05, 4.69) is 0 Å². The molecule has 2 aliphatic rings. The summed E-state index contributed by atoms with van der Waals surface area (Å²) in [6, 6.07) is 11.7. The number of piperidine rings is 1. The lowest BCUT2D eigenvalue weighted by Gasteiger charge is -2.47. The predicted molar refractivity (Wildman–Crippen MR) is 102 cm³/mol. The van der Waals surface area contributed by atoms with Crippen LogP contribution < -0.4 is 4.90 Å². The molecule has 0 radical (unpaired) electrons. The summed E-state index contributed by atoms with van der Waals surface area (Å²) in [4.78, 5) is 29.8. The van der Waals surface area contributed by atoms with Gasteiger partial charge in [0.1, 0.15) is 12.2 Å². The second-order valence-corrected chi connectivity index (χ2v) is 7.97. The largest absolute Gasteiger partial charge is 0.361 e. The molecule has 2 fully saturated rings. The fraction of sp³-hybridized carbons (Fsp3) is 0.400. The minimum atomic E-state index is -0.483. The summed E-state index contributed by atoms with van der Waals surface area (Å²) in [7, 11) is 0. The van der Waals surface area contributed by atoms with E-state index in [0.717, 1.165) is 35.5 Å². The van der Waals surface area contributed by atoms with Gasteiger partial charge in [0.15, 0.2) is 0 Å². The van der Waals surface area contributed by atoms with Gasteiger partial charge in [-0.2, -0.15) is 0 Å². The number of hydrogen-bond acceptors (Lipinski definition) is 4. The molecule has 1 aromatic heterocycles. The molecule has 1 atom stereocenters. The van der Waals surface area contributed by atoms with Crippen molar-refractivity contribution in [2.75, 3.05) is 31.1 Å². The van der Waals surface area contributed by atoms with Gasteiger partial charge < -0.3 is 14.5 Å². The second-order valence-electron chi connectivity index (χ2n) is 7.05. The predicted octanol–water partition coefficient (Wildman–Crippen LogP) is 3.09. The molecule has 2 saturated heterocycles. The maximum Gasteiger partial charge on any atom is 0.264 e. The summed E-state index contributed by atoms with van der Waals surface area (Å²) < 4.78 is 6.02. The maximum atomic E-state index is 12.9. The Labute approximate surface area is 157 Å². The number of aryl methyl sites for hydroxylation is 1. The Balaban J connectivity index is 1.55. The number of anilines is 1. The molecule has 2 amide bonds.